The Balaban J connectivity index is 1.34. The molecule has 0 saturated carbocycles. The van der Waals surface area contributed by atoms with Crippen LogP contribution in [0.2, 0.25) is 0 Å². The maximum Gasteiger partial charge on any atom is 0.254 e. The third-order valence-electron chi connectivity index (χ3n) is 6.25. The summed E-state index contributed by atoms with van der Waals surface area (Å²) in [6, 6.07) is 16.4. The van der Waals surface area contributed by atoms with Crippen molar-refractivity contribution in [3.63, 3.8) is 0 Å². The summed E-state index contributed by atoms with van der Waals surface area (Å²) in [7, 11) is 1.62. The zero-order valence-corrected chi connectivity index (χ0v) is 17.5. The Labute approximate surface area is 173 Å². The van der Waals surface area contributed by atoms with Crippen LogP contribution in [0.3, 0.4) is 0 Å². The van der Waals surface area contributed by atoms with E-state index in [1.165, 1.54) is 24.2 Å². The van der Waals surface area contributed by atoms with Crippen LogP contribution in [0.25, 0.3) is 0 Å². The minimum Gasteiger partial charge on any atom is -0.497 e. The zero-order valence-electron chi connectivity index (χ0n) is 17.5. The molecule has 2 aromatic carbocycles. The van der Waals surface area contributed by atoms with Crippen molar-refractivity contribution in [2.45, 2.75) is 19.8 Å². The van der Waals surface area contributed by atoms with E-state index < -0.39 is 0 Å². The van der Waals surface area contributed by atoms with Gasteiger partial charge in [-0.1, -0.05) is 13.0 Å². The fourth-order valence-corrected chi connectivity index (χ4v) is 4.25. The minimum atomic E-state index is 0.0817. The van der Waals surface area contributed by atoms with Crippen molar-refractivity contribution in [1.29, 1.82) is 0 Å². The normalized spacial score (nSPS) is 18.1. The average molecular weight is 394 g/mol. The van der Waals surface area contributed by atoms with Crippen LogP contribution in [0, 0.1) is 5.92 Å². The number of hydrogen-bond acceptors (Lipinski definition) is 4. The largest absolute Gasteiger partial charge is 0.497 e. The van der Waals surface area contributed by atoms with Gasteiger partial charge in [0.1, 0.15) is 5.75 Å². The van der Waals surface area contributed by atoms with Gasteiger partial charge in [0.25, 0.3) is 5.91 Å². The van der Waals surface area contributed by atoms with Crippen LogP contribution < -0.4 is 14.5 Å². The van der Waals surface area contributed by atoms with E-state index in [1.54, 1.807) is 7.11 Å². The highest BCUT2D eigenvalue weighted by atomic mass is 16.5. The van der Waals surface area contributed by atoms with Crippen LogP contribution in [0.1, 0.15) is 30.1 Å². The summed E-state index contributed by atoms with van der Waals surface area (Å²) < 4.78 is 5.24. The number of ether oxygens (including phenoxy) is 1. The van der Waals surface area contributed by atoms with Gasteiger partial charge >= 0.3 is 0 Å². The number of methoxy groups -OCH3 is 1. The SMILES string of the molecule is COc1cccc(C(=O)N2CCN(c3ccc(N4CCC(C)CC4)cc3)CC2)c1. The molecule has 29 heavy (non-hydrogen) atoms. The smallest absolute Gasteiger partial charge is 0.254 e. The van der Waals surface area contributed by atoms with Crippen LogP contribution in [-0.4, -0.2) is 57.2 Å². The lowest BCUT2D eigenvalue weighted by atomic mass is 9.99. The van der Waals surface area contributed by atoms with E-state index in [-0.39, 0.29) is 5.91 Å². The summed E-state index contributed by atoms with van der Waals surface area (Å²) in [4.78, 5) is 19.6. The molecule has 0 unspecified atom stereocenters. The van der Waals surface area contributed by atoms with Crippen LogP contribution >= 0.6 is 0 Å². The Morgan fingerprint density at radius 1 is 0.862 bits per heavy atom. The fourth-order valence-electron chi connectivity index (χ4n) is 4.25. The standard InChI is InChI=1S/C24H31N3O2/c1-19-10-12-25(13-11-19)21-6-8-22(9-7-21)26-14-16-27(17-15-26)24(28)20-4-3-5-23(18-20)29-2/h3-9,18-19H,10-17H2,1-2H3. The van der Waals surface area contributed by atoms with Crippen molar-refractivity contribution in [1.82, 2.24) is 4.90 Å². The number of piperidine rings is 1. The number of piperazine rings is 1. The summed E-state index contributed by atoms with van der Waals surface area (Å²) in [5.41, 5.74) is 3.26. The number of amides is 1. The Hall–Kier alpha value is -2.69. The predicted octanol–water partition coefficient (Wildman–Crippen LogP) is 3.89. The van der Waals surface area contributed by atoms with Gasteiger partial charge in [-0.3, -0.25) is 4.79 Å². The first-order valence-electron chi connectivity index (χ1n) is 10.7. The third kappa shape index (κ3) is 4.50. The van der Waals surface area contributed by atoms with Crippen LogP contribution in [0.4, 0.5) is 11.4 Å². The number of carbonyl (C=O) groups is 1. The van der Waals surface area contributed by atoms with Crippen molar-refractivity contribution >= 4 is 17.3 Å². The highest BCUT2D eigenvalue weighted by molar-refractivity contribution is 5.94. The monoisotopic (exact) mass is 393 g/mol. The summed E-state index contributed by atoms with van der Waals surface area (Å²) in [6.07, 6.45) is 2.57. The van der Waals surface area contributed by atoms with Crippen molar-refractivity contribution in [3.8, 4) is 5.75 Å². The molecule has 0 radical (unpaired) electrons. The molecule has 0 aliphatic carbocycles. The van der Waals surface area contributed by atoms with E-state index in [1.807, 2.05) is 29.2 Å². The van der Waals surface area contributed by atoms with Gasteiger partial charge in [0.15, 0.2) is 0 Å². The third-order valence-corrected chi connectivity index (χ3v) is 6.25. The molecule has 2 saturated heterocycles. The lowest BCUT2D eigenvalue weighted by molar-refractivity contribution is 0.0746. The number of carbonyl (C=O) groups excluding carboxylic acids is 1. The maximum atomic E-state index is 12.8. The Morgan fingerprint density at radius 3 is 2.03 bits per heavy atom. The molecule has 2 aliphatic rings. The number of nitrogens with zero attached hydrogens (tertiary/aromatic N) is 3. The summed E-state index contributed by atoms with van der Waals surface area (Å²) >= 11 is 0. The number of benzene rings is 2. The highest BCUT2D eigenvalue weighted by Crippen LogP contribution is 2.26. The zero-order chi connectivity index (χ0) is 20.2. The van der Waals surface area contributed by atoms with E-state index in [0.717, 1.165) is 50.9 Å². The molecule has 2 aromatic rings. The summed E-state index contributed by atoms with van der Waals surface area (Å²) in [5, 5.41) is 0. The van der Waals surface area contributed by atoms with E-state index in [0.29, 0.717) is 5.56 Å². The molecule has 0 bridgehead atoms. The van der Waals surface area contributed by atoms with Gasteiger partial charge in [-0.15, -0.1) is 0 Å². The lowest BCUT2D eigenvalue weighted by Crippen LogP contribution is -2.48. The Kier molecular flexibility index (Phi) is 5.93. The molecule has 0 N–H and O–H groups in total. The van der Waals surface area contributed by atoms with Crippen molar-refractivity contribution < 1.29 is 9.53 Å². The Morgan fingerprint density at radius 2 is 1.45 bits per heavy atom. The van der Waals surface area contributed by atoms with Gasteiger partial charge < -0.3 is 19.4 Å². The van der Waals surface area contributed by atoms with Crippen molar-refractivity contribution in [2.75, 3.05) is 56.2 Å². The van der Waals surface area contributed by atoms with Crippen LogP contribution in [0.5, 0.6) is 5.75 Å². The van der Waals surface area contributed by atoms with Crippen LogP contribution in [0.15, 0.2) is 48.5 Å². The number of hydrogen-bond donors (Lipinski definition) is 0. The van der Waals surface area contributed by atoms with Gasteiger partial charge in [0.05, 0.1) is 7.11 Å². The van der Waals surface area contributed by atoms with Crippen molar-refractivity contribution in [3.05, 3.63) is 54.1 Å². The number of rotatable bonds is 4. The van der Waals surface area contributed by atoms with E-state index in [4.69, 9.17) is 4.74 Å². The van der Waals surface area contributed by atoms with E-state index in [9.17, 15) is 4.79 Å². The second kappa shape index (κ2) is 8.76. The van der Waals surface area contributed by atoms with Gasteiger partial charge in [-0.25, -0.2) is 0 Å². The summed E-state index contributed by atoms with van der Waals surface area (Å²) in [6.45, 7) is 7.85. The molecule has 0 spiro atoms. The molecular weight excluding hydrogens is 362 g/mol. The van der Waals surface area contributed by atoms with Gasteiger partial charge in [0.2, 0.25) is 0 Å². The molecule has 0 atom stereocenters. The van der Waals surface area contributed by atoms with E-state index >= 15 is 0 Å². The maximum absolute atomic E-state index is 12.8. The molecule has 1 amide bonds. The molecule has 2 aliphatic heterocycles. The fraction of sp³-hybridized carbons (Fsp3) is 0.458. The minimum absolute atomic E-state index is 0.0817. The average Bonchev–Trinajstić information content (AvgIpc) is 2.79. The Bertz CT molecular complexity index is 820. The number of anilines is 2. The molecular formula is C24H31N3O2. The second-order valence-electron chi connectivity index (χ2n) is 8.20. The van der Waals surface area contributed by atoms with Gasteiger partial charge in [-0.05, 0) is 61.2 Å². The first kappa shape index (κ1) is 19.6. The van der Waals surface area contributed by atoms with Gasteiger partial charge in [-0.2, -0.15) is 0 Å². The van der Waals surface area contributed by atoms with Crippen LogP contribution in [-0.2, 0) is 0 Å². The molecule has 2 heterocycles. The quantitative estimate of drug-likeness (QED) is 0.790. The lowest BCUT2D eigenvalue weighted by Gasteiger charge is -2.36. The molecule has 2 fully saturated rings. The van der Waals surface area contributed by atoms with Gasteiger partial charge in [0, 0.05) is 56.2 Å². The van der Waals surface area contributed by atoms with E-state index in [2.05, 4.69) is 41.0 Å². The molecule has 0 aromatic heterocycles. The van der Waals surface area contributed by atoms with Crippen molar-refractivity contribution in [2.24, 2.45) is 5.92 Å². The second-order valence-corrected chi connectivity index (χ2v) is 8.20. The predicted molar refractivity (Wildman–Crippen MR) is 118 cm³/mol. The molecule has 5 nitrogen and oxygen atoms in total. The highest BCUT2D eigenvalue weighted by Gasteiger charge is 2.23. The molecule has 154 valence electrons. The molecule has 5 heteroatoms. The molecule has 4 rings (SSSR count). The summed E-state index contributed by atoms with van der Waals surface area (Å²) in [5.74, 6) is 1.65. The topological polar surface area (TPSA) is 36.0 Å². The first-order valence-corrected chi connectivity index (χ1v) is 10.7. The first-order chi connectivity index (χ1) is 14.1.